The van der Waals surface area contributed by atoms with Crippen molar-refractivity contribution in [1.82, 2.24) is 14.8 Å². The Hall–Kier alpha value is -3.13. The Morgan fingerprint density at radius 3 is 2.03 bits per heavy atom. The van der Waals surface area contributed by atoms with E-state index in [0.29, 0.717) is 16.5 Å². The summed E-state index contributed by atoms with van der Waals surface area (Å²) in [7, 11) is 1.90. The van der Waals surface area contributed by atoms with Gasteiger partial charge in [-0.15, -0.1) is 10.2 Å². The number of carbonyl (C=O) groups excluding carboxylic acids is 2. The number of thioether (sulfide) groups is 1. The largest absolute Gasteiger partial charge is 0.326 e. The van der Waals surface area contributed by atoms with Crippen LogP contribution in [0.3, 0.4) is 0 Å². The van der Waals surface area contributed by atoms with Gasteiger partial charge in [-0.3, -0.25) is 9.59 Å². The molecule has 3 aromatic rings. The van der Waals surface area contributed by atoms with Gasteiger partial charge in [0.05, 0.1) is 5.25 Å². The van der Waals surface area contributed by atoms with E-state index in [9.17, 15) is 9.59 Å². The molecule has 0 bridgehead atoms. The predicted molar refractivity (Wildman–Crippen MR) is 130 cm³/mol. The van der Waals surface area contributed by atoms with Crippen LogP contribution in [0.15, 0.2) is 53.7 Å². The van der Waals surface area contributed by atoms with Gasteiger partial charge in [0, 0.05) is 30.9 Å². The molecular weight excluding hydrogens is 422 g/mol. The summed E-state index contributed by atoms with van der Waals surface area (Å²) in [4.78, 5) is 23.8. The number of carbonyl (C=O) groups is 2. The van der Waals surface area contributed by atoms with Gasteiger partial charge >= 0.3 is 0 Å². The van der Waals surface area contributed by atoms with Gasteiger partial charge in [0.1, 0.15) is 0 Å². The maximum Gasteiger partial charge on any atom is 0.237 e. The van der Waals surface area contributed by atoms with Gasteiger partial charge in [0.15, 0.2) is 11.0 Å². The van der Waals surface area contributed by atoms with Crippen LogP contribution in [-0.2, 0) is 22.1 Å². The van der Waals surface area contributed by atoms with Crippen LogP contribution >= 0.6 is 11.8 Å². The van der Waals surface area contributed by atoms with E-state index in [4.69, 9.17) is 0 Å². The first-order valence-electron chi connectivity index (χ1n) is 10.4. The highest BCUT2D eigenvalue weighted by Crippen LogP contribution is 2.28. The monoisotopic (exact) mass is 451 g/mol. The standard InChI is InChI=1S/C24H29N5O2S/c1-15(22(31)26-20-13-11-19(12-14-20)25-16(2)30)32-23-28-27-21(29(23)6)17-7-9-18(10-8-17)24(3,4)5/h7-15H,1-6H3,(H,25,30)(H,26,31). The molecule has 1 atom stereocenters. The molecule has 0 fully saturated rings. The van der Waals surface area contributed by atoms with E-state index in [2.05, 4.69) is 65.9 Å². The lowest BCUT2D eigenvalue weighted by Crippen LogP contribution is -2.22. The molecule has 168 valence electrons. The summed E-state index contributed by atoms with van der Waals surface area (Å²) in [5, 5.41) is 14.5. The first-order valence-corrected chi connectivity index (χ1v) is 11.3. The number of rotatable bonds is 6. The minimum absolute atomic E-state index is 0.0898. The molecule has 2 aromatic carbocycles. The Kier molecular flexibility index (Phi) is 7.03. The maximum absolute atomic E-state index is 12.6. The highest BCUT2D eigenvalue weighted by Gasteiger charge is 2.20. The molecule has 0 aliphatic rings. The summed E-state index contributed by atoms with van der Waals surface area (Å²) < 4.78 is 1.91. The molecular formula is C24H29N5O2S. The Labute approximate surface area is 193 Å². The Balaban J connectivity index is 1.65. The molecule has 0 spiro atoms. The van der Waals surface area contributed by atoms with Crippen LogP contribution in [0.25, 0.3) is 11.4 Å². The predicted octanol–water partition coefficient (Wildman–Crippen LogP) is 4.86. The van der Waals surface area contributed by atoms with Crippen LogP contribution in [0.1, 0.15) is 40.2 Å². The van der Waals surface area contributed by atoms with Gasteiger partial charge in [-0.1, -0.05) is 56.8 Å². The van der Waals surface area contributed by atoms with E-state index in [0.717, 1.165) is 11.4 Å². The third-order valence-corrected chi connectivity index (χ3v) is 6.10. The quantitative estimate of drug-likeness (QED) is 0.523. The first-order chi connectivity index (χ1) is 15.0. The first kappa shape index (κ1) is 23.5. The summed E-state index contributed by atoms with van der Waals surface area (Å²) in [6.07, 6.45) is 0. The Bertz CT molecular complexity index is 1100. The second kappa shape index (κ2) is 9.56. The fraction of sp³-hybridized carbons (Fsp3) is 0.333. The Morgan fingerprint density at radius 2 is 1.50 bits per heavy atom. The zero-order valence-electron chi connectivity index (χ0n) is 19.3. The van der Waals surface area contributed by atoms with E-state index >= 15 is 0 Å². The molecule has 0 aliphatic heterocycles. The highest BCUT2D eigenvalue weighted by molar-refractivity contribution is 8.00. The van der Waals surface area contributed by atoms with Gasteiger partial charge < -0.3 is 15.2 Å². The number of aromatic nitrogens is 3. The van der Waals surface area contributed by atoms with Crippen molar-refractivity contribution in [2.75, 3.05) is 10.6 Å². The maximum atomic E-state index is 12.6. The second-order valence-electron chi connectivity index (χ2n) is 8.70. The van der Waals surface area contributed by atoms with Crippen molar-refractivity contribution in [3.8, 4) is 11.4 Å². The number of benzene rings is 2. The van der Waals surface area contributed by atoms with Gasteiger partial charge in [0.25, 0.3) is 0 Å². The summed E-state index contributed by atoms with van der Waals surface area (Å²) in [5.74, 6) is 0.482. The Morgan fingerprint density at radius 1 is 0.938 bits per heavy atom. The van der Waals surface area contributed by atoms with Crippen molar-refractivity contribution >= 4 is 35.0 Å². The smallest absolute Gasteiger partial charge is 0.237 e. The number of amides is 2. The summed E-state index contributed by atoms with van der Waals surface area (Å²) in [6.45, 7) is 9.83. The molecule has 7 nitrogen and oxygen atoms in total. The van der Waals surface area contributed by atoms with Crippen molar-refractivity contribution in [3.63, 3.8) is 0 Å². The minimum atomic E-state index is -0.371. The molecule has 3 rings (SSSR count). The van der Waals surface area contributed by atoms with Crippen LogP contribution in [0.5, 0.6) is 0 Å². The zero-order chi connectivity index (χ0) is 23.5. The molecule has 2 amide bonds. The minimum Gasteiger partial charge on any atom is -0.326 e. The number of hydrogen-bond acceptors (Lipinski definition) is 5. The van der Waals surface area contributed by atoms with Crippen molar-refractivity contribution in [1.29, 1.82) is 0 Å². The van der Waals surface area contributed by atoms with E-state index in [1.165, 1.54) is 24.2 Å². The number of nitrogens with one attached hydrogen (secondary N) is 2. The fourth-order valence-electron chi connectivity index (χ4n) is 3.08. The summed E-state index contributed by atoms with van der Waals surface area (Å²) in [5.41, 5.74) is 3.67. The zero-order valence-corrected chi connectivity index (χ0v) is 20.1. The second-order valence-corrected chi connectivity index (χ2v) is 10.0. The number of hydrogen-bond donors (Lipinski definition) is 2. The lowest BCUT2D eigenvalue weighted by Gasteiger charge is -2.19. The number of anilines is 2. The van der Waals surface area contributed by atoms with Gasteiger partial charge in [0.2, 0.25) is 11.8 Å². The van der Waals surface area contributed by atoms with Gasteiger partial charge in [-0.2, -0.15) is 0 Å². The van der Waals surface area contributed by atoms with Crippen molar-refractivity contribution in [2.24, 2.45) is 7.05 Å². The van der Waals surface area contributed by atoms with Crippen LogP contribution in [0.4, 0.5) is 11.4 Å². The van der Waals surface area contributed by atoms with Crippen LogP contribution in [0.2, 0.25) is 0 Å². The summed E-state index contributed by atoms with van der Waals surface area (Å²) >= 11 is 1.35. The lowest BCUT2D eigenvalue weighted by molar-refractivity contribution is -0.115. The summed E-state index contributed by atoms with van der Waals surface area (Å²) in [6, 6.07) is 15.3. The van der Waals surface area contributed by atoms with E-state index < -0.39 is 0 Å². The van der Waals surface area contributed by atoms with Crippen LogP contribution in [-0.4, -0.2) is 31.8 Å². The molecule has 2 N–H and O–H groups in total. The normalized spacial score (nSPS) is 12.3. The lowest BCUT2D eigenvalue weighted by atomic mass is 9.87. The molecule has 0 radical (unpaired) electrons. The average molecular weight is 452 g/mol. The molecule has 1 unspecified atom stereocenters. The number of nitrogens with zero attached hydrogens (tertiary/aromatic N) is 3. The molecule has 1 heterocycles. The van der Waals surface area contributed by atoms with Gasteiger partial charge in [-0.25, -0.2) is 0 Å². The van der Waals surface area contributed by atoms with E-state index in [-0.39, 0.29) is 22.5 Å². The SMILES string of the molecule is CC(=O)Nc1ccc(NC(=O)C(C)Sc2nnc(-c3ccc(C(C)(C)C)cc3)n2C)cc1. The average Bonchev–Trinajstić information content (AvgIpc) is 3.08. The van der Waals surface area contributed by atoms with Crippen LogP contribution < -0.4 is 10.6 Å². The molecule has 0 aliphatic carbocycles. The van der Waals surface area contributed by atoms with E-state index in [1.54, 1.807) is 24.3 Å². The third kappa shape index (κ3) is 5.76. The molecule has 0 saturated heterocycles. The van der Waals surface area contributed by atoms with Crippen molar-refractivity contribution < 1.29 is 9.59 Å². The van der Waals surface area contributed by atoms with Crippen LogP contribution in [0, 0.1) is 0 Å². The van der Waals surface area contributed by atoms with Crippen molar-refractivity contribution in [2.45, 2.75) is 50.4 Å². The molecule has 0 saturated carbocycles. The van der Waals surface area contributed by atoms with E-state index in [1.807, 2.05) is 18.5 Å². The fourth-order valence-corrected chi connectivity index (χ4v) is 3.90. The van der Waals surface area contributed by atoms with Gasteiger partial charge in [-0.05, 0) is 42.2 Å². The molecule has 8 heteroatoms. The van der Waals surface area contributed by atoms with Crippen molar-refractivity contribution in [3.05, 3.63) is 54.1 Å². The molecule has 1 aromatic heterocycles. The molecule has 32 heavy (non-hydrogen) atoms. The highest BCUT2D eigenvalue weighted by atomic mass is 32.2. The topological polar surface area (TPSA) is 88.9 Å². The third-order valence-electron chi connectivity index (χ3n) is 4.97.